The quantitative estimate of drug-likeness (QED) is 0.279. The van der Waals surface area contributed by atoms with E-state index < -0.39 is 27.3 Å². The van der Waals surface area contributed by atoms with E-state index in [1.165, 1.54) is 24.3 Å². The second kappa shape index (κ2) is 9.15. The van der Waals surface area contributed by atoms with E-state index in [4.69, 9.17) is 0 Å². The number of aromatic carboxylic acids is 1. The van der Waals surface area contributed by atoms with Gasteiger partial charge in [0.1, 0.15) is 0 Å². The first kappa shape index (κ1) is 27.7. The zero-order valence-corrected chi connectivity index (χ0v) is 22.5. The molecule has 5 nitrogen and oxygen atoms in total. The van der Waals surface area contributed by atoms with Crippen LogP contribution in [0.2, 0.25) is 0 Å². The Kier molecular flexibility index (Phi) is 6.67. The minimum Gasteiger partial charge on any atom is -0.545 e. The second-order valence-electron chi connectivity index (χ2n) is 11.0. The SMILES string of the molecule is Cc1cc2c(cc1-c1cc(-c3ccc(C(=O)[O-])cc3)ccc1OS(=O)(=O)C(F)(F)F)C(C)(C)CCC2(C)C. The van der Waals surface area contributed by atoms with Gasteiger partial charge in [-0.3, -0.25) is 0 Å². The van der Waals surface area contributed by atoms with Crippen LogP contribution in [0, 0.1) is 6.92 Å². The molecule has 0 bridgehead atoms. The van der Waals surface area contributed by atoms with Gasteiger partial charge in [0.2, 0.25) is 0 Å². The van der Waals surface area contributed by atoms with E-state index >= 15 is 0 Å². The monoisotopic (exact) mass is 545 g/mol. The van der Waals surface area contributed by atoms with Gasteiger partial charge in [-0.05, 0) is 87.7 Å². The van der Waals surface area contributed by atoms with E-state index in [0.717, 1.165) is 29.5 Å². The van der Waals surface area contributed by atoms with Crippen LogP contribution >= 0.6 is 0 Å². The molecule has 0 radical (unpaired) electrons. The summed E-state index contributed by atoms with van der Waals surface area (Å²) in [5, 5.41) is 11.1. The molecule has 0 N–H and O–H groups in total. The van der Waals surface area contributed by atoms with Crippen molar-refractivity contribution in [3.63, 3.8) is 0 Å². The van der Waals surface area contributed by atoms with Crippen molar-refractivity contribution in [2.45, 2.75) is 63.8 Å². The fourth-order valence-electron chi connectivity index (χ4n) is 4.97. The van der Waals surface area contributed by atoms with Gasteiger partial charge in [0.05, 0.1) is 5.97 Å². The molecule has 0 heterocycles. The number of halogens is 3. The van der Waals surface area contributed by atoms with Gasteiger partial charge in [0.15, 0.2) is 5.75 Å². The summed E-state index contributed by atoms with van der Waals surface area (Å²) in [6.07, 6.45) is 1.88. The largest absolute Gasteiger partial charge is 0.545 e. The number of benzene rings is 3. The molecule has 4 rings (SSSR count). The smallest absolute Gasteiger partial charge is 0.534 e. The third kappa shape index (κ3) is 5.04. The molecule has 0 atom stereocenters. The van der Waals surface area contributed by atoms with E-state index in [1.807, 2.05) is 19.1 Å². The molecule has 1 aliphatic carbocycles. The molecule has 202 valence electrons. The molecule has 0 saturated carbocycles. The highest BCUT2D eigenvalue weighted by Gasteiger charge is 2.49. The Hall–Kier alpha value is -3.33. The summed E-state index contributed by atoms with van der Waals surface area (Å²) in [6, 6.07) is 13.9. The molecule has 3 aromatic carbocycles. The van der Waals surface area contributed by atoms with Gasteiger partial charge in [0, 0.05) is 5.56 Å². The summed E-state index contributed by atoms with van der Waals surface area (Å²) in [6.45, 7) is 10.4. The topological polar surface area (TPSA) is 83.5 Å². The van der Waals surface area contributed by atoms with Gasteiger partial charge in [-0.15, -0.1) is 0 Å². The molecule has 1 aliphatic rings. The first-order chi connectivity index (χ1) is 17.4. The fraction of sp³-hybridized carbons (Fsp3) is 0.345. The van der Waals surface area contributed by atoms with Crippen molar-refractivity contribution in [3.05, 3.63) is 76.9 Å². The molecule has 0 amide bonds. The van der Waals surface area contributed by atoms with E-state index in [2.05, 4.69) is 31.9 Å². The Morgan fingerprint density at radius 2 is 1.37 bits per heavy atom. The fourth-order valence-corrected chi connectivity index (χ4v) is 5.45. The van der Waals surface area contributed by atoms with Gasteiger partial charge < -0.3 is 14.1 Å². The summed E-state index contributed by atoms with van der Waals surface area (Å²) in [5.41, 5.74) is -1.13. The zero-order valence-electron chi connectivity index (χ0n) is 21.7. The lowest BCUT2D eigenvalue weighted by molar-refractivity contribution is -0.255. The lowest BCUT2D eigenvalue weighted by atomic mass is 9.62. The predicted octanol–water partition coefficient (Wildman–Crippen LogP) is 6.27. The van der Waals surface area contributed by atoms with Crippen LogP contribution in [-0.4, -0.2) is 19.9 Å². The van der Waals surface area contributed by atoms with Gasteiger partial charge in [-0.2, -0.15) is 21.6 Å². The van der Waals surface area contributed by atoms with E-state index in [0.29, 0.717) is 16.7 Å². The molecular weight excluding hydrogens is 517 g/mol. The number of carbonyl (C=O) groups excluding carboxylic acids is 1. The minimum absolute atomic E-state index is 0.0272. The second-order valence-corrected chi connectivity index (χ2v) is 12.6. The van der Waals surface area contributed by atoms with Crippen LogP contribution < -0.4 is 9.29 Å². The predicted molar refractivity (Wildman–Crippen MR) is 137 cm³/mol. The number of aryl methyl sites for hydroxylation is 1. The third-order valence-electron chi connectivity index (χ3n) is 7.40. The summed E-state index contributed by atoms with van der Waals surface area (Å²) in [4.78, 5) is 11.1. The van der Waals surface area contributed by atoms with Crippen molar-refractivity contribution in [1.29, 1.82) is 0 Å². The number of hydrogen-bond acceptors (Lipinski definition) is 5. The average Bonchev–Trinajstić information content (AvgIpc) is 2.81. The average molecular weight is 546 g/mol. The lowest BCUT2D eigenvalue weighted by Crippen LogP contribution is -2.34. The molecule has 0 saturated heterocycles. The first-order valence-corrected chi connectivity index (χ1v) is 13.5. The first-order valence-electron chi connectivity index (χ1n) is 12.1. The van der Waals surface area contributed by atoms with Crippen molar-refractivity contribution < 1.29 is 35.7 Å². The van der Waals surface area contributed by atoms with Crippen molar-refractivity contribution in [2.75, 3.05) is 0 Å². The maximum absolute atomic E-state index is 13.2. The third-order valence-corrected chi connectivity index (χ3v) is 8.37. The van der Waals surface area contributed by atoms with Crippen molar-refractivity contribution in [2.24, 2.45) is 0 Å². The summed E-state index contributed by atoms with van der Waals surface area (Å²) in [7, 11) is -5.92. The van der Waals surface area contributed by atoms with Gasteiger partial charge in [-0.1, -0.05) is 64.1 Å². The summed E-state index contributed by atoms with van der Waals surface area (Å²) < 4.78 is 68.2. The number of carbonyl (C=O) groups is 1. The van der Waals surface area contributed by atoms with Gasteiger partial charge in [-0.25, -0.2) is 0 Å². The number of rotatable bonds is 5. The number of fused-ring (bicyclic) bond motifs is 1. The van der Waals surface area contributed by atoms with Crippen LogP contribution in [-0.2, 0) is 20.9 Å². The lowest BCUT2D eigenvalue weighted by Gasteiger charge is -2.42. The highest BCUT2D eigenvalue weighted by atomic mass is 32.2. The number of carboxylic acids is 1. The molecule has 9 heteroatoms. The molecule has 0 unspecified atom stereocenters. The minimum atomic E-state index is -5.92. The summed E-state index contributed by atoms with van der Waals surface area (Å²) in [5.74, 6) is -1.79. The van der Waals surface area contributed by atoms with Gasteiger partial charge >= 0.3 is 15.6 Å². The van der Waals surface area contributed by atoms with Crippen LogP contribution in [0.1, 0.15) is 67.6 Å². The highest BCUT2D eigenvalue weighted by molar-refractivity contribution is 7.88. The van der Waals surface area contributed by atoms with Crippen LogP contribution in [0.25, 0.3) is 22.3 Å². The number of alkyl halides is 3. The Bertz CT molecular complexity index is 1520. The van der Waals surface area contributed by atoms with Crippen LogP contribution in [0.15, 0.2) is 54.6 Å². The highest BCUT2D eigenvalue weighted by Crippen LogP contribution is 2.49. The molecule has 38 heavy (non-hydrogen) atoms. The Morgan fingerprint density at radius 1 is 0.842 bits per heavy atom. The Morgan fingerprint density at radius 3 is 1.89 bits per heavy atom. The molecular formula is C29H28F3O5S-. The molecule has 0 aromatic heterocycles. The van der Waals surface area contributed by atoms with Crippen molar-refractivity contribution >= 4 is 16.1 Å². The van der Waals surface area contributed by atoms with Crippen molar-refractivity contribution in [1.82, 2.24) is 0 Å². The Balaban J connectivity index is 1.95. The zero-order chi connectivity index (χ0) is 28.3. The van der Waals surface area contributed by atoms with E-state index in [-0.39, 0.29) is 22.0 Å². The molecule has 3 aromatic rings. The molecule has 0 spiro atoms. The maximum Gasteiger partial charge on any atom is 0.534 e. The van der Waals surface area contributed by atoms with Crippen LogP contribution in [0.4, 0.5) is 13.2 Å². The van der Waals surface area contributed by atoms with E-state index in [9.17, 15) is 31.5 Å². The standard InChI is InChI=1S/C29H29F3O5S/c1-17-14-23-24(28(4,5)13-12-27(23,2)3)16-21(17)22-15-20(18-6-8-19(9-7-18)26(33)34)10-11-25(22)37-38(35,36)29(30,31)32/h6-11,14-16H,12-13H2,1-5H3,(H,33,34)/p-1. The number of carboxylic acid groups (broad SMARTS) is 1. The normalized spacial score (nSPS) is 16.5. The maximum atomic E-state index is 13.2. The summed E-state index contributed by atoms with van der Waals surface area (Å²) >= 11 is 0. The molecule has 0 aliphatic heterocycles. The van der Waals surface area contributed by atoms with Crippen molar-refractivity contribution in [3.8, 4) is 28.0 Å². The van der Waals surface area contributed by atoms with E-state index in [1.54, 1.807) is 18.2 Å². The molecule has 0 fully saturated rings. The van der Waals surface area contributed by atoms with Crippen LogP contribution in [0.5, 0.6) is 5.75 Å². The van der Waals surface area contributed by atoms with Gasteiger partial charge in [0.25, 0.3) is 0 Å². The van der Waals surface area contributed by atoms with Crippen LogP contribution in [0.3, 0.4) is 0 Å². The number of hydrogen-bond donors (Lipinski definition) is 0. The Labute approximate surface area is 220 Å².